The lowest BCUT2D eigenvalue weighted by atomic mass is 10.0. The monoisotopic (exact) mass is 645 g/mol. The van der Waals surface area contributed by atoms with E-state index in [1.165, 1.54) is 46.9 Å². The highest BCUT2D eigenvalue weighted by Crippen LogP contribution is 2.41. The summed E-state index contributed by atoms with van der Waals surface area (Å²) < 4.78 is 8.58. The maximum Gasteiger partial charge on any atom is 0.352 e. The van der Waals surface area contributed by atoms with Gasteiger partial charge in [-0.05, 0) is 11.6 Å². The van der Waals surface area contributed by atoms with E-state index in [9.17, 15) is 19.5 Å². The molecule has 2 amide bonds. The Hall–Kier alpha value is -4.07. The van der Waals surface area contributed by atoms with Crippen LogP contribution >= 0.6 is 46.4 Å². The molecule has 0 aliphatic carbocycles. The van der Waals surface area contributed by atoms with Crippen LogP contribution in [0.5, 0.6) is 0 Å². The number of carboxylic acids is 1. The first kappa shape index (κ1) is 28.1. The number of aromatic nitrogens is 6. The summed E-state index contributed by atoms with van der Waals surface area (Å²) in [5.41, 5.74) is 7.71. The number of nitrogen functional groups attached to an aromatic ring is 1. The van der Waals surface area contributed by atoms with Crippen molar-refractivity contribution in [2.75, 3.05) is 24.3 Å². The molecule has 0 aromatic carbocycles. The molecule has 216 valence electrons. The number of nitrogens with one attached hydrogen (secondary N) is 1. The van der Waals surface area contributed by atoms with Crippen molar-refractivity contribution in [3.63, 3.8) is 0 Å². The molecule has 0 bridgehead atoms. The molecule has 1 unspecified atom stereocenters. The summed E-state index contributed by atoms with van der Waals surface area (Å²) in [6.45, 7) is 0.567. The fourth-order valence-electron chi connectivity index (χ4n) is 4.43. The van der Waals surface area contributed by atoms with Crippen molar-refractivity contribution in [1.29, 1.82) is 0 Å². The van der Waals surface area contributed by atoms with Gasteiger partial charge in [-0.1, -0.05) is 22.0 Å². The van der Waals surface area contributed by atoms with Gasteiger partial charge in [-0.25, -0.2) is 14.3 Å². The predicted molar refractivity (Wildman–Crippen MR) is 155 cm³/mol. The Labute approximate surface area is 253 Å². The van der Waals surface area contributed by atoms with Gasteiger partial charge in [0.1, 0.15) is 37.0 Å². The minimum atomic E-state index is -1.21. The fraction of sp³-hybridized carbons (Fsp3) is 0.261. The summed E-state index contributed by atoms with van der Waals surface area (Å²) in [4.78, 5) is 52.9. The van der Waals surface area contributed by atoms with Gasteiger partial charge >= 0.3 is 11.6 Å². The molecule has 0 radical (unpaired) electrons. The number of carboxylic acid groups (broad SMARTS) is 1. The number of thioether (sulfide) groups is 2. The standard InChI is InChI=1S/C23H20N10O5S4/c1-38-29-14(17-28-22(24)42-30-17)18(34)27-15-19(35)33-16(21(36)37)11(8-39-20(15)33)9-40-23-26-12(10-41-23)7-31-5-6-32-13(31)3-2-4-25-32/h2-6,10,15,20H,7-9H2,1H3,(H3-,24,27,28,30,34,36,37)/p+1/b29-14+/t15-,20?/m1/s1. The normalized spacial score (nSPS) is 18.6. The summed E-state index contributed by atoms with van der Waals surface area (Å²) in [5, 5.41) is 22.1. The first-order valence-corrected chi connectivity index (χ1v) is 15.8. The van der Waals surface area contributed by atoms with Gasteiger partial charge in [0, 0.05) is 34.5 Å². The Balaban J connectivity index is 1.12. The molecule has 4 aromatic rings. The Morgan fingerprint density at radius 1 is 1.38 bits per heavy atom. The predicted octanol–water partition coefficient (Wildman–Crippen LogP) is 0.442. The van der Waals surface area contributed by atoms with Gasteiger partial charge in [0.2, 0.25) is 11.5 Å². The van der Waals surface area contributed by atoms with Crippen molar-refractivity contribution in [2.45, 2.75) is 22.3 Å². The third-order valence-electron chi connectivity index (χ3n) is 6.26. The van der Waals surface area contributed by atoms with E-state index in [1.807, 2.05) is 34.5 Å². The average Bonchev–Trinajstić information content (AvgIpc) is 3.73. The Morgan fingerprint density at radius 2 is 2.24 bits per heavy atom. The highest BCUT2D eigenvalue weighted by molar-refractivity contribution is 8.01. The molecule has 6 heterocycles. The number of β-lactam (4-membered cyclic amide) rings is 1. The van der Waals surface area contributed by atoms with Gasteiger partial charge in [0.15, 0.2) is 15.7 Å². The molecule has 6 rings (SSSR count). The van der Waals surface area contributed by atoms with Crippen LogP contribution in [-0.2, 0) is 25.8 Å². The molecule has 0 spiro atoms. The summed E-state index contributed by atoms with van der Waals surface area (Å²) in [6, 6.07) is 2.89. The van der Waals surface area contributed by atoms with Crippen LogP contribution in [0.1, 0.15) is 11.5 Å². The highest BCUT2D eigenvalue weighted by Gasteiger charge is 2.54. The second-order valence-corrected chi connectivity index (χ2v) is 12.8. The quantitative estimate of drug-likeness (QED) is 0.0709. The third kappa shape index (κ3) is 5.30. The number of carbonyl (C=O) groups is 3. The van der Waals surface area contributed by atoms with E-state index in [0.717, 1.165) is 27.2 Å². The number of rotatable bonds is 10. The summed E-state index contributed by atoms with van der Waals surface area (Å²) in [5.74, 6) is -1.80. The minimum Gasteiger partial charge on any atom is -0.477 e. The number of fused-ring (bicyclic) bond motifs is 2. The van der Waals surface area contributed by atoms with E-state index in [2.05, 4.69) is 24.9 Å². The van der Waals surface area contributed by atoms with Crippen LogP contribution in [0.4, 0.5) is 5.13 Å². The van der Waals surface area contributed by atoms with E-state index in [4.69, 9.17) is 15.6 Å². The van der Waals surface area contributed by atoms with Crippen molar-refractivity contribution in [3.05, 3.63) is 58.9 Å². The molecule has 4 aromatic heterocycles. The van der Waals surface area contributed by atoms with E-state index < -0.39 is 29.2 Å². The van der Waals surface area contributed by atoms with Crippen LogP contribution in [0.3, 0.4) is 0 Å². The topological polar surface area (TPSA) is 194 Å². The lowest BCUT2D eigenvalue weighted by Crippen LogP contribution is -2.71. The first-order chi connectivity index (χ1) is 20.3. The maximum atomic E-state index is 13.1. The van der Waals surface area contributed by atoms with Crippen LogP contribution in [0.2, 0.25) is 0 Å². The summed E-state index contributed by atoms with van der Waals surface area (Å²) in [6.07, 6.45) is 5.53. The molecule has 2 aliphatic rings. The van der Waals surface area contributed by atoms with Crippen molar-refractivity contribution in [2.24, 2.45) is 5.16 Å². The van der Waals surface area contributed by atoms with E-state index >= 15 is 0 Å². The smallest absolute Gasteiger partial charge is 0.352 e. The van der Waals surface area contributed by atoms with Crippen LogP contribution in [-0.4, -0.2) is 87.5 Å². The number of oxime groups is 1. The molecule has 4 N–H and O–H groups in total. The maximum absolute atomic E-state index is 13.1. The largest absolute Gasteiger partial charge is 0.477 e. The Kier molecular flexibility index (Phi) is 7.80. The molecule has 2 aliphatic heterocycles. The summed E-state index contributed by atoms with van der Waals surface area (Å²) >= 11 is 5.15. The number of amides is 2. The zero-order chi connectivity index (χ0) is 29.4. The Morgan fingerprint density at radius 3 is 3.00 bits per heavy atom. The molecule has 15 nitrogen and oxygen atoms in total. The second-order valence-electron chi connectivity index (χ2n) is 8.84. The molecule has 42 heavy (non-hydrogen) atoms. The molecular formula is C23H21N10O5S4+. The number of carbonyl (C=O) groups excluding carboxylic acids is 2. The minimum absolute atomic E-state index is 0.0369. The lowest BCUT2D eigenvalue weighted by Gasteiger charge is -2.49. The molecule has 0 saturated carbocycles. The van der Waals surface area contributed by atoms with Crippen molar-refractivity contribution < 1.29 is 28.9 Å². The van der Waals surface area contributed by atoms with E-state index in [-0.39, 0.29) is 22.4 Å². The molecular weight excluding hydrogens is 625 g/mol. The van der Waals surface area contributed by atoms with Gasteiger partial charge in [0.05, 0.1) is 11.9 Å². The number of hydrogen-bond acceptors (Lipinski definition) is 14. The Bertz CT molecular complexity index is 1760. The van der Waals surface area contributed by atoms with E-state index in [0.29, 0.717) is 23.6 Å². The van der Waals surface area contributed by atoms with Crippen molar-refractivity contribution in [3.8, 4) is 0 Å². The highest BCUT2D eigenvalue weighted by atomic mass is 32.2. The van der Waals surface area contributed by atoms with Crippen LogP contribution < -0.4 is 15.6 Å². The second kappa shape index (κ2) is 11.7. The van der Waals surface area contributed by atoms with Gasteiger partial charge in [-0.15, -0.1) is 27.6 Å². The lowest BCUT2D eigenvalue weighted by molar-refractivity contribution is -0.662. The van der Waals surface area contributed by atoms with E-state index in [1.54, 1.807) is 10.7 Å². The van der Waals surface area contributed by atoms with Gasteiger partial charge < -0.3 is 21.0 Å². The molecule has 2 atom stereocenters. The van der Waals surface area contributed by atoms with Crippen molar-refractivity contribution in [1.82, 2.24) is 34.2 Å². The molecule has 1 fully saturated rings. The number of nitrogens with two attached hydrogens (primary N) is 1. The number of aliphatic carboxylic acids is 1. The SMILES string of the molecule is CO/N=C(/C(=O)N[C@@H]1C(=O)N2C(C(=O)O)=C(CSc3nc(C[n+]4ccn5ncccc54)cs3)CSC12)c1nsc(N)n1. The number of imidazole rings is 1. The summed E-state index contributed by atoms with van der Waals surface area (Å²) in [7, 11) is 1.26. The molecule has 19 heteroatoms. The van der Waals surface area contributed by atoms with Crippen molar-refractivity contribution >= 4 is 80.7 Å². The van der Waals surface area contributed by atoms with Crippen LogP contribution in [0, 0.1) is 0 Å². The van der Waals surface area contributed by atoms with Crippen LogP contribution in [0.15, 0.2) is 56.9 Å². The number of nitrogens with zero attached hydrogens (tertiary/aromatic N) is 8. The molecule has 1 saturated heterocycles. The van der Waals surface area contributed by atoms with Gasteiger partial charge in [-0.3, -0.25) is 14.5 Å². The van der Waals surface area contributed by atoms with Gasteiger partial charge in [-0.2, -0.15) is 9.36 Å². The van der Waals surface area contributed by atoms with Crippen LogP contribution in [0.25, 0.3) is 5.65 Å². The average molecular weight is 646 g/mol. The first-order valence-electron chi connectivity index (χ1n) is 12.1. The zero-order valence-corrected chi connectivity index (χ0v) is 24.9. The number of thiazole rings is 1. The number of anilines is 1. The third-order valence-corrected chi connectivity index (χ3v) is 10.3. The van der Waals surface area contributed by atoms with Gasteiger partial charge in [0.25, 0.3) is 11.8 Å². The fourth-order valence-corrected chi connectivity index (χ4v) is 8.19. The zero-order valence-electron chi connectivity index (χ0n) is 21.6. The number of hydrogen-bond donors (Lipinski definition) is 3.